The number of carbonyl (C=O) groups is 1. The van der Waals surface area contributed by atoms with Crippen molar-refractivity contribution in [2.24, 2.45) is 0 Å². The van der Waals surface area contributed by atoms with Gasteiger partial charge in [0.05, 0.1) is 0 Å². The highest BCUT2D eigenvalue weighted by atomic mass is 35.5. The molecule has 0 aliphatic rings. The number of hydrogen-bond acceptors (Lipinski definition) is 1. The van der Waals surface area contributed by atoms with E-state index >= 15 is 0 Å². The summed E-state index contributed by atoms with van der Waals surface area (Å²) in [5.74, 6) is 0.490. The highest BCUT2D eigenvalue weighted by Crippen LogP contribution is 2.12. The van der Waals surface area contributed by atoms with E-state index in [1.54, 1.807) is 4.90 Å². The molecule has 2 aromatic rings. The Morgan fingerprint density at radius 3 is 2.00 bits per heavy atom. The van der Waals surface area contributed by atoms with Crippen LogP contribution in [0, 0.1) is 0 Å². The molecule has 0 saturated carbocycles. The quantitative estimate of drug-likeness (QED) is 0.756. The number of hydrogen-bond donors (Lipinski definition) is 0. The number of benzene rings is 2. The molecule has 21 heavy (non-hydrogen) atoms. The summed E-state index contributed by atoms with van der Waals surface area (Å²) in [6, 6.07) is 15.8. The van der Waals surface area contributed by atoms with Crippen LogP contribution < -0.4 is 0 Å². The van der Waals surface area contributed by atoms with Crippen LogP contribution in [0.5, 0.6) is 0 Å². The van der Waals surface area contributed by atoms with Crippen molar-refractivity contribution in [2.75, 3.05) is 7.05 Å². The van der Waals surface area contributed by atoms with Gasteiger partial charge in [-0.1, -0.05) is 43.3 Å². The third-order valence-electron chi connectivity index (χ3n) is 3.55. The first-order valence-electron chi connectivity index (χ1n) is 7.12. The van der Waals surface area contributed by atoms with Crippen LogP contribution in [0.25, 0.3) is 0 Å². The molecule has 0 spiro atoms. The van der Waals surface area contributed by atoms with Crippen LogP contribution in [0.2, 0.25) is 0 Å². The van der Waals surface area contributed by atoms with Gasteiger partial charge in [0.2, 0.25) is 0 Å². The van der Waals surface area contributed by atoms with Gasteiger partial charge in [0, 0.05) is 25.0 Å². The monoisotopic (exact) mass is 301 g/mol. The lowest BCUT2D eigenvalue weighted by Crippen LogP contribution is -2.26. The average molecular weight is 302 g/mol. The molecule has 110 valence electrons. The van der Waals surface area contributed by atoms with Crippen molar-refractivity contribution in [3.8, 4) is 0 Å². The van der Waals surface area contributed by atoms with Gasteiger partial charge in [-0.25, -0.2) is 0 Å². The Bertz CT molecular complexity index is 590. The SMILES string of the molecule is CCc1ccc(CN(C)C(=O)c2ccc(CCl)cc2)cc1. The summed E-state index contributed by atoms with van der Waals surface area (Å²) in [6.07, 6.45) is 1.03. The van der Waals surface area contributed by atoms with E-state index in [0.29, 0.717) is 18.0 Å². The van der Waals surface area contributed by atoms with E-state index in [0.717, 1.165) is 17.5 Å². The van der Waals surface area contributed by atoms with Crippen LogP contribution >= 0.6 is 11.6 Å². The Kier molecular flexibility index (Phi) is 5.40. The Hall–Kier alpha value is -1.80. The number of carbonyl (C=O) groups excluding carboxylic acids is 1. The van der Waals surface area contributed by atoms with Gasteiger partial charge >= 0.3 is 0 Å². The van der Waals surface area contributed by atoms with Crippen LogP contribution in [0.3, 0.4) is 0 Å². The molecule has 0 unspecified atom stereocenters. The topological polar surface area (TPSA) is 20.3 Å². The van der Waals surface area contributed by atoms with Crippen LogP contribution in [0.4, 0.5) is 0 Å². The predicted octanol–water partition coefficient (Wildman–Crippen LogP) is 4.26. The van der Waals surface area contributed by atoms with Crippen molar-refractivity contribution in [1.82, 2.24) is 4.90 Å². The zero-order chi connectivity index (χ0) is 15.2. The van der Waals surface area contributed by atoms with Crippen molar-refractivity contribution in [3.63, 3.8) is 0 Å². The largest absolute Gasteiger partial charge is 0.337 e. The maximum atomic E-state index is 12.4. The molecular weight excluding hydrogens is 282 g/mol. The number of alkyl halides is 1. The lowest BCUT2D eigenvalue weighted by molar-refractivity contribution is 0.0785. The maximum Gasteiger partial charge on any atom is 0.253 e. The van der Waals surface area contributed by atoms with E-state index in [9.17, 15) is 4.79 Å². The molecule has 0 radical (unpaired) electrons. The Morgan fingerprint density at radius 1 is 0.952 bits per heavy atom. The Morgan fingerprint density at radius 2 is 1.48 bits per heavy atom. The summed E-state index contributed by atoms with van der Waals surface area (Å²) in [5, 5.41) is 0. The van der Waals surface area contributed by atoms with E-state index < -0.39 is 0 Å². The van der Waals surface area contributed by atoms with Crippen molar-refractivity contribution in [3.05, 3.63) is 70.8 Å². The zero-order valence-corrected chi connectivity index (χ0v) is 13.2. The standard InChI is InChI=1S/C18H20ClNO/c1-3-14-4-6-16(7-5-14)13-20(2)18(21)17-10-8-15(12-19)9-11-17/h4-11H,3,12-13H2,1-2H3. The van der Waals surface area contributed by atoms with E-state index in [1.807, 2.05) is 31.3 Å². The summed E-state index contributed by atoms with van der Waals surface area (Å²) < 4.78 is 0. The average Bonchev–Trinajstić information content (AvgIpc) is 2.55. The molecule has 0 fully saturated rings. The van der Waals surface area contributed by atoms with Gasteiger partial charge in [0.1, 0.15) is 0 Å². The first kappa shape index (κ1) is 15.6. The summed E-state index contributed by atoms with van der Waals surface area (Å²) in [4.78, 5) is 14.1. The lowest BCUT2D eigenvalue weighted by atomic mass is 10.1. The predicted molar refractivity (Wildman–Crippen MR) is 87.6 cm³/mol. The Labute approximate surface area is 131 Å². The van der Waals surface area contributed by atoms with Gasteiger partial charge in [-0.05, 0) is 35.2 Å². The van der Waals surface area contributed by atoms with Crippen LogP contribution in [0.1, 0.15) is 34.0 Å². The van der Waals surface area contributed by atoms with E-state index in [4.69, 9.17) is 11.6 Å². The highest BCUT2D eigenvalue weighted by Gasteiger charge is 2.11. The van der Waals surface area contributed by atoms with Crippen LogP contribution in [-0.4, -0.2) is 17.9 Å². The van der Waals surface area contributed by atoms with Gasteiger partial charge in [0.15, 0.2) is 0 Å². The Balaban J connectivity index is 2.03. The number of amides is 1. The smallest absolute Gasteiger partial charge is 0.253 e. The van der Waals surface area contributed by atoms with E-state index in [1.165, 1.54) is 5.56 Å². The number of nitrogens with zero attached hydrogens (tertiary/aromatic N) is 1. The number of rotatable bonds is 5. The van der Waals surface area contributed by atoms with Gasteiger partial charge in [-0.2, -0.15) is 0 Å². The molecule has 0 aliphatic heterocycles. The minimum Gasteiger partial charge on any atom is -0.337 e. The second-order valence-electron chi connectivity index (χ2n) is 5.16. The fraction of sp³-hybridized carbons (Fsp3) is 0.278. The maximum absolute atomic E-state index is 12.4. The summed E-state index contributed by atoms with van der Waals surface area (Å²) in [5.41, 5.74) is 4.16. The minimum atomic E-state index is 0.0238. The number of aryl methyl sites for hydroxylation is 1. The van der Waals surface area contributed by atoms with Gasteiger partial charge in [-0.15, -0.1) is 11.6 Å². The van der Waals surface area contributed by atoms with Gasteiger partial charge in [-0.3, -0.25) is 4.79 Å². The summed E-state index contributed by atoms with van der Waals surface area (Å²) in [7, 11) is 1.82. The lowest BCUT2D eigenvalue weighted by Gasteiger charge is -2.17. The van der Waals surface area contributed by atoms with Gasteiger partial charge < -0.3 is 4.90 Å². The minimum absolute atomic E-state index is 0.0238. The molecule has 0 heterocycles. The zero-order valence-electron chi connectivity index (χ0n) is 12.5. The molecule has 0 N–H and O–H groups in total. The molecule has 2 nitrogen and oxygen atoms in total. The van der Waals surface area contributed by atoms with Gasteiger partial charge in [0.25, 0.3) is 5.91 Å². The summed E-state index contributed by atoms with van der Waals surface area (Å²) in [6.45, 7) is 2.75. The second-order valence-corrected chi connectivity index (χ2v) is 5.43. The first-order chi connectivity index (χ1) is 10.1. The molecule has 0 aromatic heterocycles. The van der Waals surface area contributed by atoms with Crippen molar-refractivity contribution in [1.29, 1.82) is 0 Å². The molecule has 0 saturated heterocycles. The molecular formula is C18H20ClNO. The summed E-state index contributed by atoms with van der Waals surface area (Å²) >= 11 is 5.76. The highest BCUT2D eigenvalue weighted by molar-refractivity contribution is 6.17. The third-order valence-corrected chi connectivity index (χ3v) is 3.86. The van der Waals surface area contributed by atoms with Crippen LogP contribution in [0.15, 0.2) is 48.5 Å². The fourth-order valence-electron chi connectivity index (χ4n) is 2.18. The first-order valence-corrected chi connectivity index (χ1v) is 7.65. The van der Waals surface area contributed by atoms with E-state index in [2.05, 4.69) is 31.2 Å². The van der Waals surface area contributed by atoms with Crippen molar-refractivity contribution >= 4 is 17.5 Å². The molecule has 0 atom stereocenters. The van der Waals surface area contributed by atoms with Crippen LogP contribution in [-0.2, 0) is 18.8 Å². The second kappa shape index (κ2) is 7.28. The molecule has 3 heteroatoms. The molecule has 0 aliphatic carbocycles. The molecule has 2 aromatic carbocycles. The normalized spacial score (nSPS) is 10.4. The third kappa shape index (κ3) is 4.08. The van der Waals surface area contributed by atoms with E-state index in [-0.39, 0.29) is 5.91 Å². The molecule has 0 bridgehead atoms. The fourth-order valence-corrected chi connectivity index (χ4v) is 2.36. The number of halogens is 1. The van der Waals surface area contributed by atoms with Crippen molar-refractivity contribution < 1.29 is 4.79 Å². The van der Waals surface area contributed by atoms with Crippen molar-refractivity contribution in [2.45, 2.75) is 25.8 Å². The molecule has 2 rings (SSSR count). The molecule has 1 amide bonds.